The van der Waals surface area contributed by atoms with Gasteiger partial charge in [-0.25, -0.2) is 0 Å². The van der Waals surface area contributed by atoms with E-state index in [9.17, 15) is 4.79 Å². The van der Waals surface area contributed by atoms with Crippen molar-refractivity contribution in [1.82, 2.24) is 4.90 Å². The van der Waals surface area contributed by atoms with Crippen molar-refractivity contribution in [2.75, 3.05) is 6.54 Å². The van der Waals surface area contributed by atoms with Gasteiger partial charge in [-0.15, -0.1) is 0 Å². The molecule has 2 aliphatic rings. The fourth-order valence-corrected chi connectivity index (χ4v) is 4.06. The molecule has 1 unspecified atom stereocenters. The molecular formula is C23H36N2O. The second-order valence-electron chi connectivity index (χ2n) is 7.92. The zero-order chi connectivity index (χ0) is 18.6. The summed E-state index contributed by atoms with van der Waals surface area (Å²) in [4.78, 5) is 14.3. The molecule has 1 amide bonds. The number of unbranched alkanes of at least 4 members (excludes halogenated alkanes) is 8. The van der Waals surface area contributed by atoms with Crippen molar-refractivity contribution < 1.29 is 4.79 Å². The van der Waals surface area contributed by atoms with E-state index in [0.717, 1.165) is 31.4 Å². The first-order chi connectivity index (χ1) is 12.8. The van der Waals surface area contributed by atoms with Crippen LogP contribution in [0.25, 0.3) is 0 Å². The van der Waals surface area contributed by atoms with E-state index in [1.807, 2.05) is 6.08 Å². The Hall–Kier alpha value is -1.56. The summed E-state index contributed by atoms with van der Waals surface area (Å²) in [5.74, 6) is 0.633. The molecule has 2 atom stereocenters. The van der Waals surface area contributed by atoms with Crippen LogP contribution >= 0.6 is 0 Å². The molecule has 1 aliphatic carbocycles. The van der Waals surface area contributed by atoms with E-state index >= 15 is 0 Å². The lowest BCUT2D eigenvalue weighted by Gasteiger charge is -2.22. The molecule has 26 heavy (non-hydrogen) atoms. The van der Waals surface area contributed by atoms with Gasteiger partial charge in [0.05, 0.1) is 6.07 Å². The van der Waals surface area contributed by atoms with Crippen molar-refractivity contribution >= 4 is 5.91 Å². The van der Waals surface area contributed by atoms with Crippen molar-refractivity contribution in [3.8, 4) is 6.07 Å². The van der Waals surface area contributed by atoms with Crippen LogP contribution in [0.1, 0.15) is 90.4 Å². The quantitative estimate of drug-likeness (QED) is 0.431. The summed E-state index contributed by atoms with van der Waals surface area (Å²) in [6.07, 6.45) is 22.6. The Morgan fingerprint density at radius 3 is 2.46 bits per heavy atom. The highest BCUT2D eigenvalue weighted by Crippen LogP contribution is 2.26. The smallest absolute Gasteiger partial charge is 0.254 e. The fraction of sp³-hybridized carbons (Fsp3) is 0.739. The number of nitrogens with zero attached hydrogens (tertiary/aromatic N) is 2. The highest BCUT2D eigenvalue weighted by molar-refractivity contribution is 5.97. The highest BCUT2D eigenvalue weighted by Gasteiger charge is 2.30. The largest absolute Gasteiger partial charge is 0.323 e. The highest BCUT2D eigenvalue weighted by atomic mass is 16.2. The standard InChI is InChI=1S/C23H36N2O/c1-2-3-4-5-6-7-8-9-10-12-20-14-16-21(17-15-20)23(26)25-18-11-13-22(25)19-24/h14,16-17,20,22H,2-13,15,18H2,1H3/t20?,22-/m0/s1. The molecule has 1 saturated heterocycles. The molecule has 0 spiro atoms. The van der Waals surface area contributed by atoms with E-state index < -0.39 is 0 Å². The summed E-state index contributed by atoms with van der Waals surface area (Å²) in [5, 5.41) is 9.16. The summed E-state index contributed by atoms with van der Waals surface area (Å²) < 4.78 is 0. The molecule has 0 radical (unpaired) electrons. The monoisotopic (exact) mass is 356 g/mol. The zero-order valence-corrected chi connectivity index (χ0v) is 16.6. The van der Waals surface area contributed by atoms with Crippen molar-refractivity contribution in [2.45, 2.75) is 96.4 Å². The van der Waals surface area contributed by atoms with Crippen molar-refractivity contribution in [2.24, 2.45) is 5.92 Å². The van der Waals surface area contributed by atoms with Crippen LogP contribution in [-0.4, -0.2) is 23.4 Å². The average molecular weight is 357 g/mol. The van der Waals surface area contributed by atoms with Gasteiger partial charge in [-0.3, -0.25) is 4.79 Å². The first kappa shape index (κ1) is 20.7. The maximum Gasteiger partial charge on any atom is 0.254 e. The minimum Gasteiger partial charge on any atom is -0.323 e. The molecule has 0 bridgehead atoms. The Bertz CT molecular complexity index is 529. The van der Waals surface area contributed by atoms with E-state index in [-0.39, 0.29) is 11.9 Å². The van der Waals surface area contributed by atoms with Crippen molar-refractivity contribution in [3.05, 3.63) is 23.8 Å². The molecule has 1 aliphatic heterocycles. The SMILES string of the molecule is CCCCCCCCCCCC1C=CC(C(=O)N2CCC[C@H]2C#N)=CC1. The Kier molecular flexibility index (Phi) is 9.53. The van der Waals surface area contributed by atoms with Gasteiger partial charge in [-0.2, -0.15) is 5.26 Å². The second kappa shape index (κ2) is 11.9. The molecule has 0 aromatic heterocycles. The molecule has 1 heterocycles. The molecule has 3 nitrogen and oxygen atoms in total. The number of likely N-dealkylation sites (tertiary alicyclic amines) is 1. The van der Waals surface area contributed by atoms with Gasteiger partial charge < -0.3 is 4.90 Å². The van der Waals surface area contributed by atoms with Gasteiger partial charge in [0.2, 0.25) is 0 Å². The molecule has 3 heteroatoms. The Morgan fingerprint density at radius 1 is 1.15 bits per heavy atom. The van der Waals surface area contributed by atoms with Crippen LogP contribution in [0.4, 0.5) is 0 Å². The predicted molar refractivity (Wildman–Crippen MR) is 108 cm³/mol. The van der Waals surface area contributed by atoms with E-state index in [1.165, 1.54) is 64.2 Å². The number of hydrogen-bond acceptors (Lipinski definition) is 2. The number of rotatable bonds is 11. The minimum absolute atomic E-state index is 0.0480. The average Bonchev–Trinajstić information content (AvgIpc) is 3.15. The number of allylic oxidation sites excluding steroid dienone is 2. The van der Waals surface area contributed by atoms with Gasteiger partial charge in [0, 0.05) is 12.1 Å². The van der Waals surface area contributed by atoms with Crippen LogP contribution in [-0.2, 0) is 4.79 Å². The molecule has 0 aromatic rings. The first-order valence-corrected chi connectivity index (χ1v) is 10.8. The lowest BCUT2D eigenvalue weighted by atomic mass is 9.91. The Labute approximate surface area is 160 Å². The van der Waals surface area contributed by atoms with Crippen LogP contribution < -0.4 is 0 Å². The molecule has 0 aromatic carbocycles. The van der Waals surface area contributed by atoms with E-state index in [0.29, 0.717) is 5.92 Å². The first-order valence-electron chi connectivity index (χ1n) is 10.8. The van der Waals surface area contributed by atoms with Gasteiger partial charge in [-0.1, -0.05) is 82.9 Å². The minimum atomic E-state index is -0.225. The zero-order valence-electron chi connectivity index (χ0n) is 16.6. The molecule has 0 N–H and O–H groups in total. The van der Waals surface area contributed by atoms with Gasteiger partial charge in [-0.05, 0) is 31.6 Å². The number of carbonyl (C=O) groups is 1. The molecule has 1 fully saturated rings. The predicted octanol–water partition coefficient (Wildman–Crippen LogP) is 5.92. The van der Waals surface area contributed by atoms with Gasteiger partial charge in [0.1, 0.15) is 6.04 Å². The molecular weight excluding hydrogens is 320 g/mol. The molecule has 0 saturated carbocycles. The molecule has 144 valence electrons. The van der Waals surface area contributed by atoms with E-state index in [1.54, 1.807) is 4.90 Å². The van der Waals surface area contributed by atoms with Crippen molar-refractivity contribution in [3.63, 3.8) is 0 Å². The fourth-order valence-electron chi connectivity index (χ4n) is 4.06. The summed E-state index contributed by atoms with van der Waals surface area (Å²) in [7, 11) is 0. The van der Waals surface area contributed by atoms with Crippen molar-refractivity contribution in [1.29, 1.82) is 5.26 Å². The summed E-state index contributed by atoms with van der Waals surface area (Å²) in [6.45, 7) is 2.99. The summed E-state index contributed by atoms with van der Waals surface area (Å²) in [6, 6.07) is 2.03. The lowest BCUT2D eigenvalue weighted by molar-refractivity contribution is -0.126. The number of hydrogen-bond donors (Lipinski definition) is 0. The van der Waals surface area contributed by atoms with E-state index in [4.69, 9.17) is 5.26 Å². The third kappa shape index (κ3) is 6.63. The summed E-state index contributed by atoms with van der Waals surface area (Å²) >= 11 is 0. The third-order valence-electron chi connectivity index (χ3n) is 5.78. The van der Waals surface area contributed by atoms with Crippen LogP contribution in [0, 0.1) is 17.2 Å². The van der Waals surface area contributed by atoms with E-state index in [2.05, 4.69) is 25.1 Å². The number of nitriles is 1. The number of amides is 1. The van der Waals surface area contributed by atoms with Gasteiger partial charge in [0.25, 0.3) is 5.91 Å². The normalized spacial score (nSPS) is 22.3. The third-order valence-corrected chi connectivity index (χ3v) is 5.78. The topological polar surface area (TPSA) is 44.1 Å². The van der Waals surface area contributed by atoms with Crippen LogP contribution in [0.3, 0.4) is 0 Å². The molecule has 2 rings (SSSR count). The Balaban J connectivity index is 1.57. The van der Waals surface area contributed by atoms with Crippen LogP contribution in [0.2, 0.25) is 0 Å². The lowest BCUT2D eigenvalue weighted by Crippen LogP contribution is -2.35. The second-order valence-corrected chi connectivity index (χ2v) is 7.92. The maximum absolute atomic E-state index is 12.6. The maximum atomic E-state index is 12.6. The van der Waals surface area contributed by atoms with Gasteiger partial charge >= 0.3 is 0 Å². The van der Waals surface area contributed by atoms with Crippen LogP contribution in [0.5, 0.6) is 0 Å². The van der Waals surface area contributed by atoms with Crippen LogP contribution in [0.15, 0.2) is 23.8 Å². The van der Waals surface area contributed by atoms with Gasteiger partial charge in [0.15, 0.2) is 0 Å². The number of carbonyl (C=O) groups excluding carboxylic acids is 1. The summed E-state index contributed by atoms with van der Waals surface area (Å²) in [5.41, 5.74) is 0.787. The Morgan fingerprint density at radius 2 is 1.85 bits per heavy atom.